The Morgan fingerprint density at radius 1 is 1.00 bits per heavy atom. The number of unbranched alkanes of at least 4 members (excludes halogenated alkanes) is 1. The molecule has 0 spiro atoms. The van der Waals surface area contributed by atoms with Gasteiger partial charge >= 0.3 is 10.8 Å². The summed E-state index contributed by atoms with van der Waals surface area (Å²) in [5.74, 6) is 0. The van der Waals surface area contributed by atoms with Crippen LogP contribution in [-0.4, -0.2) is 47.2 Å². The SMILES string of the molecule is CC(F)(F)S(=O)(=O)[N-]S(=O)(=O)C(F)(F)F.CCCC[NH2+]CCN. The average molecular weight is 393 g/mol. The van der Waals surface area contributed by atoms with Crippen molar-refractivity contribution in [1.82, 2.24) is 0 Å². The standard InChI is InChI=1S/C6H16N2.C3H3F5NO4S2/c1-2-3-5-8-6-4-7;1-2(4,5)14(10,11)9-15(12,13)3(6,7)8/h8H,2-7H2,1H3;1H3/q;-1/p+1. The van der Waals surface area contributed by atoms with Crippen molar-refractivity contribution in [3.8, 4) is 0 Å². The first-order valence-corrected chi connectivity index (χ1v) is 9.20. The van der Waals surface area contributed by atoms with Crippen LogP contribution in [0, 0.1) is 0 Å². The van der Waals surface area contributed by atoms with E-state index in [1.165, 1.54) is 19.4 Å². The van der Waals surface area contributed by atoms with Gasteiger partial charge in [-0.2, -0.15) is 22.0 Å². The molecule has 0 saturated carbocycles. The van der Waals surface area contributed by atoms with E-state index in [2.05, 4.69) is 12.2 Å². The van der Waals surface area contributed by atoms with Crippen LogP contribution in [0.2, 0.25) is 0 Å². The van der Waals surface area contributed by atoms with Crippen LogP contribution in [0.1, 0.15) is 26.7 Å². The van der Waals surface area contributed by atoms with Crippen molar-refractivity contribution in [3.05, 3.63) is 4.13 Å². The molecule has 0 bridgehead atoms. The van der Waals surface area contributed by atoms with E-state index in [1.807, 2.05) is 0 Å². The number of alkyl halides is 5. The molecule has 14 heteroatoms. The molecule has 0 heterocycles. The third-order valence-corrected chi connectivity index (χ3v) is 5.14. The molecule has 0 aromatic rings. The number of hydrogen-bond acceptors (Lipinski definition) is 5. The van der Waals surface area contributed by atoms with E-state index in [0.29, 0.717) is 0 Å². The molecule has 0 saturated heterocycles. The van der Waals surface area contributed by atoms with Gasteiger partial charge in [0, 0.05) is 13.5 Å². The van der Waals surface area contributed by atoms with Crippen LogP contribution in [0.3, 0.4) is 0 Å². The third-order valence-electron chi connectivity index (χ3n) is 2.07. The molecule has 0 radical (unpaired) electrons. The minimum atomic E-state index is -6.48. The van der Waals surface area contributed by atoms with Gasteiger partial charge in [-0.05, 0) is 6.42 Å². The highest BCUT2D eigenvalue weighted by Crippen LogP contribution is 2.35. The van der Waals surface area contributed by atoms with E-state index in [4.69, 9.17) is 5.73 Å². The zero-order valence-electron chi connectivity index (χ0n) is 12.5. The summed E-state index contributed by atoms with van der Waals surface area (Å²) >= 11 is 0. The molecule has 4 N–H and O–H groups in total. The zero-order valence-corrected chi connectivity index (χ0v) is 14.1. The first-order valence-electron chi connectivity index (χ1n) is 6.32. The van der Waals surface area contributed by atoms with Gasteiger partial charge in [-0.1, -0.05) is 13.3 Å². The Bertz CT molecular complexity index is 480. The second-order valence-corrected chi connectivity index (χ2v) is 7.96. The van der Waals surface area contributed by atoms with E-state index in [9.17, 15) is 38.8 Å². The van der Waals surface area contributed by atoms with E-state index >= 15 is 0 Å². The fourth-order valence-electron chi connectivity index (χ4n) is 0.848. The summed E-state index contributed by atoms with van der Waals surface area (Å²) in [6.45, 7) is 5.05. The Balaban J connectivity index is 0. The summed E-state index contributed by atoms with van der Waals surface area (Å²) in [4.78, 5) is 0. The Kier molecular flexibility index (Phi) is 10.4. The molecule has 0 aromatic heterocycles. The van der Waals surface area contributed by atoms with Gasteiger partial charge in [-0.15, -0.1) is 0 Å². The van der Waals surface area contributed by atoms with Crippen molar-refractivity contribution < 1.29 is 44.1 Å². The topological polar surface area (TPSA) is 125 Å². The van der Waals surface area contributed by atoms with Crippen LogP contribution in [0.15, 0.2) is 0 Å². The molecule has 0 unspecified atom stereocenters. The lowest BCUT2D eigenvalue weighted by Gasteiger charge is -2.25. The quantitative estimate of drug-likeness (QED) is 0.458. The summed E-state index contributed by atoms with van der Waals surface area (Å²) in [7, 11) is -12.5. The highest BCUT2D eigenvalue weighted by atomic mass is 32.3. The maximum Gasteiger partial charge on any atom is 0.480 e. The average Bonchev–Trinajstić information content (AvgIpc) is 2.31. The van der Waals surface area contributed by atoms with Gasteiger partial charge in [-0.3, -0.25) is 0 Å². The summed E-state index contributed by atoms with van der Waals surface area (Å²) in [5, 5.41) is -2.44. The molecular formula is C9H20F5N3O4S2. The van der Waals surface area contributed by atoms with Crippen molar-refractivity contribution >= 4 is 20.0 Å². The molecule has 7 nitrogen and oxygen atoms in total. The van der Waals surface area contributed by atoms with Crippen LogP contribution in [0.4, 0.5) is 22.0 Å². The van der Waals surface area contributed by atoms with Crippen LogP contribution in [0.5, 0.6) is 0 Å². The number of rotatable bonds is 8. The minimum absolute atomic E-state index is 0.294. The molecule has 0 aromatic carbocycles. The van der Waals surface area contributed by atoms with E-state index in [0.717, 1.165) is 17.2 Å². The van der Waals surface area contributed by atoms with Crippen LogP contribution >= 0.6 is 0 Å². The van der Waals surface area contributed by atoms with E-state index < -0.39 is 30.8 Å². The third kappa shape index (κ3) is 10.0. The summed E-state index contributed by atoms with van der Waals surface area (Å²) in [5.41, 5.74) is -0.757. The smallest absolute Gasteiger partial charge is 0.423 e. The molecule has 0 aliphatic heterocycles. The zero-order chi connectivity index (χ0) is 18.9. The lowest BCUT2D eigenvalue weighted by molar-refractivity contribution is -0.652. The number of hydrogen-bond donors (Lipinski definition) is 2. The second kappa shape index (κ2) is 9.66. The number of halogens is 5. The first kappa shape index (κ1) is 24.7. The Morgan fingerprint density at radius 3 is 1.78 bits per heavy atom. The minimum Gasteiger partial charge on any atom is -0.423 e. The molecule has 0 atom stereocenters. The molecule has 0 fully saturated rings. The van der Waals surface area contributed by atoms with Crippen molar-refractivity contribution in [3.63, 3.8) is 0 Å². The van der Waals surface area contributed by atoms with Gasteiger partial charge in [0.15, 0.2) is 10.0 Å². The highest BCUT2D eigenvalue weighted by molar-refractivity contribution is 8.13. The molecule has 0 aliphatic rings. The summed E-state index contributed by atoms with van der Waals surface area (Å²) in [6.07, 6.45) is 2.61. The number of nitrogens with zero attached hydrogens (tertiary/aromatic N) is 1. The van der Waals surface area contributed by atoms with Crippen molar-refractivity contribution in [1.29, 1.82) is 0 Å². The summed E-state index contributed by atoms with van der Waals surface area (Å²) in [6, 6.07) is 0. The molecular weight excluding hydrogens is 373 g/mol. The molecule has 0 rings (SSSR count). The highest BCUT2D eigenvalue weighted by Gasteiger charge is 2.44. The molecule has 23 heavy (non-hydrogen) atoms. The molecule has 0 amide bonds. The fraction of sp³-hybridized carbons (Fsp3) is 1.00. The monoisotopic (exact) mass is 393 g/mol. The first-order chi connectivity index (χ1) is 10.1. The number of sulfonamides is 2. The van der Waals surface area contributed by atoms with Crippen LogP contribution in [-0.2, 0) is 20.0 Å². The van der Waals surface area contributed by atoms with Gasteiger partial charge in [0.2, 0.25) is 0 Å². The van der Waals surface area contributed by atoms with Crippen molar-refractivity contribution in [2.75, 3.05) is 19.6 Å². The number of quaternary nitrogens is 1. The van der Waals surface area contributed by atoms with Gasteiger partial charge in [0.1, 0.15) is 10.0 Å². The maximum absolute atomic E-state index is 12.1. The largest absolute Gasteiger partial charge is 0.480 e. The van der Waals surface area contributed by atoms with Crippen molar-refractivity contribution in [2.24, 2.45) is 5.73 Å². The predicted octanol–water partition coefficient (Wildman–Crippen LogP) is 0.461. The van der Waals surface area contributed by atoms with Gasteiger partial charge in [-0.25, -0.2) is 16.8 Å². The maximum atomic E-state index is 12.1. The lowest BCUT2D eigenvalue weighted by atomic mass is 10.3. The summed E-state index contributed by atoms with van der Waals surface area (Å²) < 4.78 is 101. The van der Waals surface area contributed by atoms with Gasteiger partial charge in [0.05, 0.1) is 13.1 Å². The van der Waals surface area contributed by atoms with E-state index in [1.54, 1.807) is 0 Å². The Morgan fingerprint density at radius 2 is 1.48 bits per heavy atom. The predicted molar refractivity (Wildman–Crippen MR) is 73.5 cm³/mol. The van der Waals surface area contributed by atoms with Crippen LogP contribution in [0.25, 0.3) is 4.13 Å². The van der Waals surface area contributed by atoms with Gasteiger partial charge in [0.25, 0.3) is 0 Å². The van der Waals surface area contributed by atoms with Crippen LogP contribution < -0.4 is 11.1 Å². The van der Waals surface area contributed by atoms with E-state index in [-0.39, 0.29) is 6.92 Å². The van der Waals surface area contributed by atoms with Gasteiger partial charge < -0.3 is 15.2 Å². The fourth-order valence-corrected chi connectivity index (χ4v) is 2.74. The normalized spacial score (nSPS) is 13.4. The Labute approximate surface area is 131 Å². The van der Waals surface area contributed by atoms with Crippen molar-refractivity contribution in [2.45, 2.75) is 37.5 Å². The lowest BCUT2D eigenvalue weighted by Crippen LogP contribution is -2.85. The second-order valence-electron chi connectivity index (χ2n) is 4.29. The molecule has 0 aliphatic carbocycles. The Hall–Kier alpha value is -0.570. The molecule has 142 valence electrons. The number of nitrogens with two attached hydrogens (primary N) is 2.